The molecule has 2 N–H and O–H groups in total. The van der Waals surface area contributed by atoms with Gasteiger partial charge in [0, 0.05) is 36.0 Å². The van der Waals surface area contributed by atoms with Crippen molar-refractivity contribution in [3.8, 4) is 5.75 Å². The van der Waals surface area contributed by atoms with E-state index in [1.54, 1.807) is 20.8 Å². The standard InChI is InChI=1S/C24H26F6N4O2/c1-13(2)34-12-32-19-7-17(6-18(21(19)34)23(25,26)27)36-11-16-9-22(35,8-14(3)33-16)15-4-5-20(31-10-15)24(28,29)30/h4-7,10,12-14,16,33,35H,8-9,11H2,1-3H3. The molecule has 36 heavy (non-hydrogen) atoms. The summed E-state index contributed by atoms with van der Waals surface area (Å²) in [6.07, 6.45) is -6.57. The van der Waals surface area contributed by atoms with Gasteiger partial charge in [0.15, 0.2) is 0 Å². The third-order valence-corrected chi connectivity index (χ3v) is 6.30. The lowest BCUT2D eigenvalue weighted by Crippen LogP contribution is -2.53. The summed E-state index contributed by atoms with van der Waals surface area (Å²) in [4.78, 5) is 7.55. The number of nitrogens with one attached hydrogen (secondary N) is 1. The second-order valence-electron chi connectivity index (χ2n) is 9.53. The van der Waals surface area contributed by atoms with E-state index >= 15 is 0 Å². The van der Waals surface area contributed by atoms with Gasteiger partial charge in [-0.15, -0.1) is 0 Å². The van der Waals surface area contributed by atoms with E-state index in [9.17, 15) is 31.4 Å². The molecule has 6 nitrogen and oxygen atoms in total. The number of pyridine rings is 1. The highest BCUT2D eigenvalue weighted by Crippen LogP contribution is 2.39. The molecule has 0 amide bonds. The summed E-state index contributed by atoms with van der Waals surface area (Å²) in [5.74, 6) is -0.0244. The molecular formula is C24H26F6N4O2. The van der Waals surface area contributed by atoms with E-state index in [1.807, 2.05) is 0 Å². The van der Waals surface area contributed by atoms with Crippen LogP contribution in [-0.4, -0.2) is 38.3 Å². The van der Waals surface area contributed by atoms with Crippen molar-refractivity contribution in [1.29, 1.82) is 0 Å². The molecule has 0 radical (unpaired) electrons. The maximum Gasteiger partial charge on any atom is 0.433 e. The second-order valence-corrected chi connectivity index (χ2v) is 9.53. The number of hydrogen-bond donors (Lipinski definition) is 2. The number of benzene rings is 1. The van der Waals surface area contributed by atoms with Gasteiger partial charge in [0.25, 0.3) is 0 Å². The topological polar surface area (TPSA) is 72.2 Å². The van der Waals surface area contributed by atoms with Gasteiger partial charge in [-0.3, -0.25) is 4.98 Å². The Labute approximate surface area is 203 Å². The summed E-state index contributed by atoms with van der Waals surface area (Å²) in [6, 6.07) is 3.42. The molecule has 0 saturated carbocycles. The lowest BCUT2D eigenvalue weighted by Gasteiger charge is -2.41. The first kappa shape index (κ1) is 26.2. The van der Waals surface area contributed by atoms with E-state index < -0.39 is 35.3 Å². The molecule has 3 heterocycles. The van der Waals surface area contributed by atoms with Gasteiger partial charge < -0.3 is 19.7 Å². The Morgan fingerprint density at radius 3 is 2.42 bits per heavy atom. The number of piperidine rings is 1. The molecule has 3 atom stereocenters. The molecule has 196 valence electrons. The lowest BCUT2D eigenvalue weighted by atomic mass is 9.79. The largest absolute Gasteiger partial charge is 0.492 e. The van der Waals surface area contributed by atoms with Gasteiger partial charge in [0.2, 0.25) is 0 Å². The summed E-state index contributed by atoms with van der Waals surface area (Å²) in [5.41, 5.74) is -3.06. The van der Waals surface area contributed by atoms with Crippen LogP contribution in [0.1, 0.15) is 56.5 Å². The summed E-state index contributed by atoms with van der Waals surface area (Å²) in [7, 11) is 0. The van der Waals surface area contributed by atoms with E-state index in [0.717, 1.165) is 18.3 Å². The molecule has 1 aliphatic heterocycles. The van der Waals surface area contributed by atoms with Crippen molar-refractivity contribution in [3.05, 3.63) is 53.6 Å². The van der Waals surface area contributed by atoms with Crippen molar-refractivity contribution in [3.63, 3.8) is 0 Å². The zero-order valence-corrected chi connectivity index (χ0v) is 19.8. The van der Waals surface area contributed by atoms with E-state index in [2.05, 4.69) is 15.3 Å². The molecule has 1 aliphatic rings. The molecule has 0 aliphatic carbocycles. The van der Waals surface area contributed by atoms with Crippen LogP contribution in [0.2, 0.25) is 0 Å². The van der Waals surface area contributed by atoms with Crippen LogP contribution in [0, 0.1) is 0 Å². The summed E-state index contributed by atoms with van der Waals surface area (Å²) in [6.45, 7) is 5.24. The van der Waals surface area contributed by atoms with Gasteiger partial charge >= 0.3 is 12.4 Å². The first-order chi connectivity index (χ1) is 16.7. The quantitative estimate of drug-likeness (QED) is 0.441. The molecule has 1 aromatic carbocycles. The van der Waals surface area contributed by atoms with Crippen molar-refractivity contribution in [2.45, 2.75) is 69.7 Å². The molecule has 1 fully saturated rings. The van der Waals surface area contributed by atoms with Gasteiger partial charge in [-0.25, -0.2) is 4.98 Å². The van der Waals surface area contributed by atoms with Crippen LogP contribution in [0.5, 0.6) is 5.75 Å². The number of rotatable bonds is 5. The van der Waals surface area contributed by atoms with Gasteiger partial charge in [0.1, 0.15) is 18.1 Å². The molecule has 3 aromatic rings. The smallest absolute Gasteiger partial charge is 0.433 e. The highest BCUT2D eigenvalue weighted by Gasteiger charge is 2.41. The first-order valence-electron chi connectivity index (χ1n) is 11.4. The predicted octanol–water partition coefficient (Wildman–Crippen LogP) is 5.46. The summed E-state index contributed by atoms with van der Waals surface area (Å²) >= 11 is 0. The van der Waals surface area contributed by atoms with E-state index in [-0.39, 0.29) is 53.9 Å². The molecular weight excluding hydrogens is 490 g/mol. The monoisotopic (exact) mass is 516 g/mol. The number of aliphatic hydroxyl groups is 1. The van der Waals surface area contributed by atoms with Crippen LogP contribution in [0.3, 0.4) is 0 Å². The number of imidazole rings is 1. The minimum atomic E-state index is -4.63. The summed E-state index contributed by atoms with van der Waals surface area (Å²) < 4.78 is 87.2. The third-order valence-electron chi connectivity index (χ3n) is 6.30. The van der Waals surface area contributed by atoms with Gasteiger partial charge in [-0.05, 0) is 45.7 Å². The van der Waals surface area contributed by atoms with E-state index in [0.29, 0.717) is 0 Å². The highest BCUT2D eigenvalue weighted by atomic mass is 19.4. The number of hydrogen-bond acceptors (Lipinski definition) is 5. The molecule has 4 rings (SSSR count). The Hall–Kier alpha value is -2.86. The zero-order chi connectivity index (χ0) is 26.5. The van der Waals surface area contributed by atoms with Crippen molar-refractivity contribution in [2.75, 3.05) is 6.61 Å². The molecule has 3 unspecified atom stereocenters. The van der Waals surface area contributed by atoms with Gasteiger partial charge in [0.05, 0.1) is 28.5 Å². The number of ether oxygens (including phenoxy) is 1. The Balaban J connectivity index is 1.55. The summed E-state index contributed by atoms with van der Waals surface area (Å²) in [5, 5.41) is 14.5. The molecule has 1 saturated heterocycles. The normalized spacial score (nSPS) is 23.4. The minimum absolute atomic E-state index is 0.0244. The number of alkyl halides is 6. The minimum Gasteiger partial charge on any atom is -0.492 e. The average Bonchev–Trinajstić information content (AvgIpc) is 3.19. The SMILES string of the molecule is CC1CC(O)(c2ccc(C(F)(F)F)nc2)CC(COc2cc(C(F)(F)F)c3c(c2)ncn3C(C)C)N1. The predicted molar refractivity (Wildman–Crippen MR) is 119 cm³/mol. The fourth-order valence-corrected chi connectivity index (χ4v) is 4.73. The van der Waals surface area contributed by atoms with Crippen LogP contribution >= 0.6 is 0 Å². The maximum absolute atomic E-state index is 13.8. The van der Waals surface area contributed by atoms with Crippen LogP contribution < -0.4 is 10.1 Å². The van der Waals surface area contributed by atoms with Crippen molar-refractivity contribution in [2.24, 2.45) is 0 Å². The van der Waals surface area contributed by atoms with Crippen LogP contribution in [0.25, 0.3) is 11.0 Å². The Kier molecular flexibility index (Phi) is 6.71. The molecule has 0 spiro atoms. The number of nitrogens with zero attached hydrogens (tertiary/aromatic N) is 3. The number of halogens is 6. The average molecular weight is 516 g/mol. The van der Waals surface area contributed by atoms with Crippen LogP contribution in [-0.2, 0) is 18.0 Å². The van der Waals surface area contributed by atoms with Crippen molar-refractivity contribution in [1.82, 2.24) is 19.9 Å². The Morgan fingerprint density at radius 2 is 1.83 bits per heavy atom. The Morgan fingerprint density at radius 1 is 1.11 bits per heavy atom. The maximum atomic E-state index is 13.8. The molecule has 2 aromatic heterocycles. The van der Waals surface area contributed by atoms with E-state index in [1.165, 1.54) is 23.0 Å². The number of fused-ring (bicyclic) bond motifs is 1. The van der Waals surface area contributed by atoms with Crippen LogP contribution in [0.4, 0.5) is 26.3 Å². The molecule has 12 heteroatoms. The molecule has 0 bridgehead atoms. The van der Waals surface area contributed by atoms with Gasteiger partial charge in [-0.2, -0.15) is 26.3 Å². The Bertz CT molecular complexity index is 1220. The zero-order valence-electron chi connectivity index (χ0n) is 19.8. The van der Waals surface area contributed by atoms with Gasteiger partial charge in [-0.1, -0.05) is 6.07 Å². The van der Waals surface area contributed by atoms with Crippen molar-refractivity contribution < 1.29 is 36.2 Å². The number of aromatic nitrogens is 3. The van der Waals surface area contributed by atoms with E-state index in [4.69, 9.17) is 4.74 Å². The first-order valence-corrected chi connectivity index (χ1v) is 11.4. The lowest BCUT2D eigenvalue weighted by molar-refractivity contribution is -0.141. The third kappa shape index (κ3) is 5.29. The fraction of sp³-hybridized carbons (Fsp3) is 0.500. The highest BCUT2D eigenvalue weighted by molar-refractivity contribution is 5.81. The van der Waals surface area contributed by atoms with Crippen LogP contribution in [0.15, 0.2) is 36.8 Å². The van der Waals surface area contributed by atoms with Crippen molar-refractivity contribution >= 4 is 11.0 Å². The fourth-order valence-electron chi connectivity index (χ4n) is 4.73. The second kappa shape index (κ2) is 9.22.